The quantitative estimate of drug-likeness (QED) is 0.611. The maximum absolute atomic E-state index is 11.8. The fourth-order valence-electron chi connectivity index (χ4n) is 1.37. The van der Waals surface area contributed by atoms with Crippen LogP contribution >= 0.6 is 11.6 Å². The van der Waals surface area contributed by atoms with Crippen LogP contribution in [-0.2, 0) is 19.0 Å². The first kappa shape index (κ1) is 15.0. The highest BCUT2D eigenvalue weighted by Crippen LogP contribution is 2.30. The summed E-state index contributed by atoms with van der Waals surface area (Å²) in [6, 6.07) is 6.97. The van der Waals surface area contributed by atoms with Crippen LogP contribution in [0.5, 0.6) is 0 Å². The van der Waals surface area contributed by atoms with Crippen molar-refractivity contribution in [1.29, 1.82) is 0 Å². The van der Waals surface area contributed by atoms with Crippen molar-refractivity contribution in [1.82, 2.24) is 0 Å². The Morgan fingerprint density at radius 3 is 2.39 bits per heavy atom. The van der Waals surface area contributed by atoms with Gasteiger partial charge in [-0.05, 0) is 19.9 Å². The van der Waals surface area contributed by atoms with Crippen molar-refractivity contribution in [2.75, 3.05) is 14.2 Å². The second-order valence-corrected chi connectivity index (χ2v) is 4.55. The van der Waals surface area contributed by atoms with E-state index in [4.69, 9.17) is 25.8 Å². The number of halogens is 1. The first-order chi connectivity index (χ1) is 8.41. The molecule has 1 unspecified atom stereocenters. The number of ether oxygens (including phenoxy) is 3. The number of rotatable bonds is 5. The first-order valence-corrected chi connectivity index (χ1v) is 5.84. The van der Waals surface area contributed by atoms with Crippen molar-refractivity contribution in [2.24, 2.45) is 0 Å². The summed E-state index contributed by atoms with van der Waals surface area (Å²) in [5.74, 6) is -1.44. The highest BCUT2D eigenvalue weighted by atomic mass is 35.5. The smallest absolute Gasteiger partial charge is 0.339 e. The second kappa shape index (κ2) is 6.18. The first-order valence-electron chi connectivity index (χ1n) is 5.46. The molecular formula is C13H17ClO4. The van der Waals surface area contributed by atoms with Crippen LogP contribution in [0.2, 0.25) is 5.02 Å². The van der Waals surface area contributed by atoms with Gasteiger partial charge in [0.15, 0.2) is 11.9 Å². The average Bonchev–Trinajstić information content (AvgIpc) is 2.36. The molecule has 0 spiro atoms. The largest absolute Gasteiger partial charge is 0.467 e. The van der Waals surface area contributed by atoms with Crippen LogP contribution in [0.25, 0.3) is 0 Å². The minimum atomic E-state index is -0.919. The molecule has 1 atom stereocenters. The van der Waals surface area contributed by atoms with Gasteiger partial charge < -0.3 is 14.2 Å². The van der Waals surface area contributed by atoms with Crippen LogP contribution in [0.4, 0.5) is 0 Å². The molecule has 18 heavy (non-hydrogen) atoms. The van der Waals surface area contributed by atoms with Crippen LogP contribution in [-0.4, -0.2) is 26.0 Å². The van der Waals surface area contributed by atoms with E-state index < -0.39 is 17.9 Å². The van der Waals surface area contributed by atoms with E-state index in [1.54, 1.807) is 38.1 Å². The Morgan fingerprint density at radius 2 is 1.89 bits per heavy atom. The van der Waals surface area contributed by atoms with E-state index in [2.05, 4.69) is 0 Å². The molecule has 0 aliphatic carbocycles. The predicted molar refractivity (Wildman–Crippen MR) is 68.4 cm³/mol. The van der Waals surface area contributed by atoms with Gasteiger partial charge >= 0.3 is 5.97 Å². The maximum atomic E-state index is 11.8. The molecule has 0 saturated heterocycles. The van der Waals surface area contributed by atoms with Crippen LogP contribution < -0.4 is 0 Å². The van der Waals surface area contributed by atoms with Gasteiger partial charge in [0.05, 0.1) is 7.11 Å². The number of methoxy groups -OCH3 is 2. The van der Waals surface area contributed by atoms with Crippen molar-refractivity contribution < 1.29 is 19.0 Å². The minimum Gasteiger partial charge on any atom is -0.467 e. The summed E-state index contributed by atoms with van der Waals surface area (Å²) in [5.41, 5.74) is 0.552. The van der Waals surface area contributed by atoms with E-state index in [0.717, 1.165) is 0 Å². The Kier molecular flexibility index (Phi) is 5.14. The van der Waals surface area contributed by atoms with Crippen molar-refractivity contribution in [3.8, 4) is 0 Å². The summed E-state index contributed by atoms with van der Waals surface area (Å²) in [6.45, 7) is 3.42. The fraction of sp³-hybridized carbons (Fsp3) is 0.462. The van der Waals surface area contributed by atoms with Crippen LogP contribution in [0, 0.1) is 0 Å². The van der Waals surface area contributed by atoms with Gasteiger partial charge in [-0.15, -0.1) is 0 Å². The number of hydrogen-bond donors (Lipinski definition) is 0. The monoisotopic (exact) mass is 272 g/mol. The van der Waals surface area contributed by atoms with E-state index in [0.29, 0.717) is 10.6 Å². The zero-order valence-corrected chi connectivity index (χ0v) is 11.7. The average molecular weight is 273 g/mol. The molecule has 5 heteroatoms. The molecule has 0 aromatic heterocycles. The second-order valence-electron chi connectivity index (χ2n) is 4.15. The number of hydrogen-bond acceptors (Lipinski definition) is 4. The van der Waals surface area contributed by atoms with Crippen molar-refractivity contribution in [2.45, 2.75) is 25.7 Å². The summed E-state index contributed by atoms with van der Waals surface area (Å²) in [6.07, 6.45) is -0.918. The SMILES string of the molecule is COC(=O)C(OC(C)(C)OC)c1ccccc1Cl. The maximum Gasteiger partial charge on any atom is 0.339 e. The lowest BCUT2D eigenvalue weighted by atomic mass is 10.1. The van der Waals surface area contributed by atoms with E-state index in [-0.39, 0.29) is 0 Å². The zero-order chi connectivity index (χ0) is 13.8. The third kappa shape index (κ3) is 3.70. The molecule has 0 aliphatic heterocycles. The Labute approximate surface area is 112 Å². The van der Waals surface area contributed by atoms with E-state index >= 15 is 0 Å². The number of carbonyl (C=O) groups excluding carboxylic acids is 1. The molecule has 1 rings (SSSR count). The molecule has 100 valence electrons. The normalized spacial score (nSPS) is 13.2. The molecule has 0 aliphatic rings. The van der Waals surface area contributed by atoms with Crippen LogP contribution in [0.3, 0.4) is 0 Å². The van der Waals surface area contributed by atoms with Gasteiger partial charge in [-0.3, -0.25) is 0 Å². The Balaban J connectivity index is 3.07. The van der Waals surface area contributed by atoms with Crippen LogP contribution in [0.15, 0.2) is 24.3 Å². The summed E-state index contributed by atoms with van der Waals surface area (Å²) < 4.78 is 15.5. The van der Waals surface area contributed by atoms with E-state index in [9.17, 15) is 4.79 Å². The number of carbonyl (C=O) groups is 1. The van der Waals surface area contributed by atoms with Crippen molar-refractivity contribution >= 4 is 17.6 Å². The highest BCUT2D eigenvalue weighted by Gasteiger charge is 2.31. The van der Waals surface area contributed by atoms with Gasteiger partial charge in [-0.2, -0.15) is 0 Å². The number of esters is 1. The lowest BCUT2D eigenvalue weighted by Crippen LogP contribution is -2.32. The van der Waals surface area contributed by atoms with E-state index in [1.165, 1.54) is 14.2 Å². The molecule has 4 nitrogen and oxygen atoms in total. The molecule has 0 radical (unpaired) electrons. The Hall–Kier alpha value is -1.10. The van der Waals surface area contributed by atoms with Crippen molar-refractivity contribution in [3.05, 3.63) is 34.9 Å². The Bertz CT molecular complexity index is 417. The highest BCUT2D eigenvalue weighted by molar-refractivity contribution is 6.31. The lowest BCUT2D eigenvalue weighted by Gasteiger charge is -2.28. The van der Waals surface area contributed by atoms with Gasteiger partial charge in [0.1, 0.15) is 0 Å². The molecular weight excluding hydrogens is 256 g/mol. The standard InChI is InChI=1S/C13H17ClO4/c1-13(2,17-4)18-11(12(15)16-3)9-7-5-6-8-10(9)14/h5-8,11H,1-4H3. The summed E-state index contributed by atoms with van der Waals surface area (Å²) in [4.78, 5) is 11.8. The minimum absolute atomic E-state index is 0.444. The molecule has 0 amide bonds. The molecule has 0 fully saturated rings. The van der Waals surface area contributed by atoms with Gasteiger partial charge in [0, 0.05) is 17.7 Å². The molecule has 0 N–H and O–H groups in total. The summed E-state index contributed by atoms with van der Waals surface area (Å²) >= 11 is 6.06. The third-order valence-corrected chi connectivity index (χ3v) is 2.84. The fourth-order valence-corrected chi connectivity index (χ4v) is 1.60. The molecule has 1 aromatic rings. The van der Waals surface area contributed by atoms with Gasteiger partial charge in [-0.1, -0.05) is 29.8 Å². The third-order valence-electron chi connectivity index (χ3n) is 2.50. The molecule has 0 saturated carbocycles. The number of benzene rings is 1. The predicted octanol–water partition coefficient (Wildman–Crippen LogP) is 2.95. The topological polar surface area (TPSA) is 44.8 Å². The molecule has 0 heterocycles. The summed E-state index contributed by atoms with van der Waals surface area (Å²) in [7, 11) is 2.80. The van der Waals surface area contributed by atoms with Gasteiger partial charge in [-0.25, -0.2) is 4.79 Å². The van der Waals surface area contributed by atoms with E-state index in [1.807, 2.05) is 0 Å². The van der Waals surface area contributed by atoms with Crippen LogP contribution in [0.1, 0.15) is 25.5 Å². The van der Waals surface area contributed by atoms with Gasteiger partial charge in [0.25, 0.3) is 0 Å². The molecule has 1 aromatic carbocycles. The Morgan fingerprint density at radius 1 is 1.28 bits per heavy atom. The zero-order valence-electron chi connectivity index (χ0n) is 10.9. The molecule has 0 bridgehead atoms. The van der Waals surface area contributed by atoms with Crippen molar-refractivity contribution in [3.63, 3.8) is 0 Å². The van der Waals surface area contributed by atoms with Gasteiger partial charge in [0.2, 0.25) is 0 Å². The lowest BCUT2D eigenvalue weighted by molar-refractivity contribution is -0.231. The summed E-state index contributed by atoms with van der Waals surface area (Å²) in [5, 5.41) is 0.444.